The number of halogens is 2. The highest BCUT2D eigenvalue weighted by atomic mass is 35.5. The number of nitrogens with one attached hydrogen (secondary N) is 2. The number of amides is 1. The fourth-order valence-electron chi connectivity index (χ4n) is 7.03. The van der Waals surface area contributed by atoms with Crippen LogP contribution in [0.15, 0.2) is 96.0 Å². The van der Waals surface area contributed by atoms with E-state index in [2.05, 4.69) is 15.6 Å². The van der Waals surface area contributed by atoms with E-state index in [1.807, 2.05) is 0 Å². The summed E-state index contributed by atoms with van der Waals surface area (Å²) in [6, 6.07) is 21.7. The summed E-state index contributed by atoms with van der Waals surface area (Å²) in [5, 5.41) is 6.69. The molecule has 1 saturated carbocycles. The second-order valence-electron chi connectivity index (χ2n) is 13.5. The first-order chi connectivity index (χ1) is 25.0. The summed E-state index contributed by atoms with van der Waals surface area (Å²) in [4.78, 5) is 31.7. The van der Waals surface area contributed by atoms with E-state index >= 15 is 4.39 Å². The van der Waals surface area contributed by atoms with E-state index in [1.54, 1.807) is 89.4 Å². The van der Waals surface area contributed by atoms with Gasteiger partial charge < -0.3 is 20.1 Å². The molecule has 2 aliphatic rings. The van der Waals surface area contributed by atoms with Crippen molar-refractivity contribution in [2.75, 3.05) is 33.9 Å². The third kappa shape index (κ3) is 8.47. The van der Waals surface area contributed by atoms with Crippen LogP contribution >= 0.6 is 11.6 Å². The molecule has 3 aromatic carbocycles. The lowest BCUT2D eigenvalue weighted by Crippen LogP contribution is -2.46. The molecule has 3 atom stereocenters. The topological polar surface area (TPSA) is 127 Å². The molecule has 52 heavy (non-hydrogen) atoms. The van der Waals surface area contributed by atoms with Crippen LogP contribution in [0.1, 0.15) is 47.4 Å². The van der Waals surface area contributed by atoms with Gasteiger partial charge in [-0.05, 0) is 83.7 Å². The molecule has 0 bridgehead atoms. The molecular formula is C39H42ClFN4O6S. The number of benzene rings is 3. The molecule has 1 aliphatic carbocycles. The Morgan fingerprint density at radius 2 is 1.75 bits per heavy atom. The van der Waals surface area contributed by atoms with Gasteiger partial charge in [0.15, 0.2) is 5.78 Å². The molecule has 6 rings (SSSR count). The van der Waals surface area contributed by atoms with Gasteiger partial charge in [-0.1, -0.05) is 60.1 Å². The van der Waals surface area contributed by atoms with Crippen LogP contribution in [0.2, 0.25) is 5.02 Å². The summed E-state index contributed by atoms with van der Waals surface area (Å²) in [5.74, 6) is -1.23. The molecule has 1 spiro atoms. The van der Waals surface area contributed by atoms with Crippen molar-refractivity contribution in [2.24, 2.45) is 5.41 Å². The largest absolute Gasteiger partial charge is 0.481 e. The summed E-state index contributed by atoms with van der Waals surface area (Å²) >= 11 is 6.21. The van der Waals surface area contributed by atoms with Crippen LogP contribution in [-0.2, 0) is 32.4 Å². The molecule has 13 heteroatoms. The minimum atomic E-state index is -3.83. The maximum absolute atomic E-state index is 15.7. The van der Waals surface area contributed by atoms with E-state index in [1.165, 1.54) is 20.3 Å². The Hall–Kier alpha value is -4.36. The van der Waals surface area contributed by atoms with Gasteiger partial charge in [0, 0.05) is 55.3 Å². The molecular weight excluding hydrogens is 707 g/mol. The van der Waals surface area contributed by atoms with Crippen molar-refractivity contribution in [3.63, 3.8) is 0 Å². The zero-order chi connectivity index (χ0) is 36.9. The second kappa shape index (κ2) is 16.1. The Bertz CT molecular complexity index is 1980. The predicted octanol–water partition coefficient (Wildman–Crippen LogP) is 5.93. The Labute approximate surface area is 308 Å². The van der Waals surface area contributed by atoms with Crippen molar-refractivity contribution in [3.05, 3.63) is 124 Å². The first-order valence-corrected chi connectivity index (χ1v) is 19.0. The van der Waals surface area contributed by atoms with Crippen molar-refractivity contribution in [1.82, 2.24) is 19.9 Å². The molecule has 2 heterocycles. The Balaban J connectivity index is 1.30. The average Bonchev–Trinajstić information content (AvgIpc) is 3.96. The van der Waals surface area contributed by atoms with Gasteiger partial charge in [0.25, 0.3) is 0 Å². The van der Waals surface area contributed by atoms with Crippen molar-refractivity contribution in [2.45, 2.75) is 55.0 Å². The number of hydrogen-bond donors (Lipinski definition) is 2. The maximum atomic E-state index is 15.7. The number of methoxy groups -OCH3 is 2. The summed E-state index contributed by atoms with van der Waals surface area (Å²) in [7, 11) is -1.13. The number of Topliss-reactive ketones (excluding diaryl/α,β-unsaturated/α-hetero) is 1. The fraction of sp³-hybridized carbons (Fsp3) is 0.359. The molecule has 0 unspecified atom stereocenters. The van der Waals surface area contributed by atoms with E-state index in [9.17, 15) is 18.0 Å². The quantitative estimate of drug-likeness (QED) is 0.173. The number of carbonyl (C=O) groups excluding carboxylic acids is 2. The van der Waals surface area contributed by atoms with Gasteiger partial charge >= 0.3 is 6.09 Å². The number of pyridine rings is 1. The third-order valence-electron chi connectivity index (χ3n) is 10.1. The van der Waals surface area contributed by atoms with E-state index in [0.717, 1.165) is 19.4 Å². The molecule has 10 nitrogen and oxygen atoms in total. The molecule has 274 valence electrons. The van der Waals surface area contributed by atoms with Crippen LogP contribution in [0.5, 0.6) is 5.88 Å². The van der Waals surface area contributed by atoms with Crippen molar-refractivity contribution >= 4 is 33.5 Å². The van der Waals surface area contributed by atoms with Crippen molar-refractivity contribution < 1.29 is 31.9 Å². The van der Waals surface area contributed by atoms with Gasteiger partial charge in [0.05, 0.1) is 19.1 Å². The highest BCUT2D eigenvalue weighted by Gasteiger charge is 2.49. The number of sulfonamides is 1. The van der Waals surface area contributed by atoms with Crippen LogP contribution in [0.3, 0.4) is 0 Å². The summed E-state index contributed by atoms with van der Waals surface area (Å²) in [5.41, 5.74) is 1.96. The molecule has 1 aliphatic heterocycles. The fourth-order valence-corrected chi connectivity index (χ4v) is 8.94. The molecule has 4 aromatic rings. The van der Waals surface area contributed by atoms with Crippen molar-refractivity contribution in [1.29, 1.82) is 0 Å². The lowest BCUT2D eigenvalue weighted by atomic mass is 9.82. The van der Waals surface area contributed by atoms with E-state index in [4.69, 9.17) is 21.1 Å². The summed E-state index contributed by atoms with van der Waals surface area (Å²) in [6.07, 6.45) is 2.95. The summed E-state index contributed by atoms with van der Waals surface area (Å²) < 4.78 is 55.5. The Morgan fingerprint density at radius 3 is 2.40 bits per heavy atom. The van der Waals surface area contributed by atoms with Gasteiger partial charge in [-0.3, -0.25) is 4.79 Å². The molecule has 1 saturated heterocycles. The van der Waals surface area contributed by atoms with Gasteiger partial charge in [0.1, 0.15) is 11.9 Å². The monoisotopic (exact) mass is 748 g/mol. The van der Waals surface area contributed by atoms with E-state index < -0.39 is 45.7 Å². The first kappa shape index (κ1) is 37.4. The second-order valence-corrected chi connectivity index (χ2v) is 15.8. The van der Waals surface area contributed by atoms with Crippen LogP contribution in [-0.4, -0.2) is 75.5 Å². The Kier molecular flexibility index (Phi) is 11.6. The number of ketones is 1. The number of rotatable bonds is 13. The standard InChI is InChI=1S/C39H42ClFN4O6S/c1-50-35-18-13-28(22-43-35)36(26-11-14-29(40)15-12-26)37(44-38(47)51-2)34(46)21-27-7-6-10-33(41)32(27)17-16-30-23-42-24-39(19-20-39)25-45(30)52(48,49)31-8-4-3-5-9-31/h3-15,18,22,30,36-37,42H,16-17,19-21,23-25H2,1-2H3,(H,44,47)/t30-,36-,37+/m0/s1. The number of ether oxygens (including phenoxy) is 2. The molecule has 2 N–H and O–H groups in total. The molecule has 2 fully saturated rings. The van der Waals surface area contributed by atoms with Crippen LogP contribution in [0, 0.1) is 11.2 Å². The van der Waals surface area contributed by atoms with Gasteiger partial charge in [0.2, 0.25) is 15.9 Å². The SMILES string of the molecule is COC(=O)N[C@H](C(=O)Cc1cccc(F)c1CC[C@H]1CNCC2(CC2)CN1S(=O)(=O)c1ccccc1)[C@@H](c1ccc(Cl)cc1)c1ccc(OC)nc1. The first-order valence-electron chi connectivity index (χ1n) is 17.2. The van der Waals surface area contributed by atoms with Gasteiger partial charge in [-0.15, -0.1) is 0 Å². The molecule has 0 radical (unpaired) electrons. The lowest BCUT2D eigenvalue weighted by molar-refractivity contribution is -0.120. The Morgan fingerprint density at radius 1 is 1.02 bits per heavy atom. The zero-order valence-electron chi connectivity index (χ0n) is 29.1. The average molecular weight is 749 g/mol. The number of aromatic nitrogens is 1. The van der Waals surface area contributed by atoms with Crippen LogP contribution < -0.4 is 15.4 Å². The highest BCUT2D eigenvalue weighted by Crippen LogP contribution is 2.48. The predicted molar refractivity (Wildman–Crippen MR) is 196 cm³/mol. The van der Waals surface area contributed by atoms with E-state index in [-0.39, 0.29) is 23.2 Å². The lowest BCUT2D eigenvalue weighted by Gasteiger charge is -2.31. The minimum Gasteiger partial charge on any atom is -0.481 e. The number of nitrogens with zero attached hydrogens (tertiary/aromatic N) is 2. The molecule has 1 amide bonds. The van der Waals surface area contributed by atoms with Crippen LogP contribution in [0.4, 0.5) is 9.18 Å². The highest BCUT2D eigenvalue weighted by molar-refractivity contribution is 7.89. The van der Waals surface area contributed by atoms with Crippen molar-refractivity contribution in [3.8, 4) is 5.88 Å². The number of carbonyl (C=O) groups is 2. The van der Waals surface area contributed by atoms with Gasteiger partial charge in [-0.25, -0.2) is 22.6 Å². The summed E-state index contributed by atoms with van der Waals surface area (Å²) in [6.45, 7) is 1.52. The van der Waals surface area contributed by atoms with Gasteiger partial charge in [-0.2, -0.15) is 4.31 Å². The molecule has 1 aromatic heterocycles. The number of hydrogen-bond acceptors (Lipinski definition) is 8. The third-order valence-corrected chi connectivity index (χ3v) is 12.3. The zero-order valence-corrected chi connectivity index (χ0v) is 30.6. The van der Waals surface area contributed by atoms with Crippen LogP contribution in [0.25, 0.3) is 0 Å². The minimum absolute atomic E-state index is 0.103. The number of alkyl carbamates (subject to hydrolysis) is 1. The normalized spacial score (nSPS) is 18.2. The smallest absolute Gasteiger partial charge is 0.407 e. The van der Waals surface area contributed by atoms with E-state index in [0.29, 0.717) is 52.7 Å². The maximum Gasteiger partial charge on any atom is 0.407 e.